The molecule has 0 aromatic rings. The monoisotopic (exact) mass is 176 g/mol. The largest absolute Gasteiger partial charge is 0.299 e. The predicted molar refractivity (Wildman–Crippen MR) is 51.1 cm³/mol. The zero-order valence-electron chi connectivity index (χ0n) is 8.29. The van der Waals surface area contributed by atoms with Crippen LogP contribution in [0.25, 0.3) is 0 Å². The van der Waals surface area contributed by atoms with Gasteiger partial charge in [-0.15, -0.1) is 6.58 Å². The molecule has 0 N–H and O–H groups in total. The Bertz CT molecular complexity index is 302. The van der Waals surface area contributed by atoms with Gasteiger partial charge in [0.05, 0.1) is 0 Å². The quantitative estimate of drug-likeness (QED) is 0.560. The molecule has 0 aliphatic heterocycles. The van der Waals surface area contributed by atoms with E-state index in [1.165, 1.54) is 6.42 Å². The summed E-state index contributed by atoms with van der Waals surface area (Å²) in [7, 11) is 0. The Labute approximate surface area is 79.2 Å². The Morgan fingerprint density at radius 2 is 2.15 bits per heavy atom. The smallest absolute Gasteiger partial charge is 0.142 e. The van der Waals surface area contributed by atoms with Crippen molar-refractivity contribution in [3.05, 3.63) is 12.7 Å². The van der Waals surface area contributed by atoms with E-state index in [1.54, 1.807) is 0 Å². The van der Waals surface area contributed by atoms with Gasteiger partial charge >= 0.3 is 0 Å². The zero-order chi connectivity index (χ0) is 9.38. The molecule has 0 amide bonds. The number of ketones is 1. The molecule has 70 valence electrons. The maximum absolute atomic E-state index is 12.0. The van der Waals surface area contributed by atoms with Gasteiger partial charge in [-0.25, -0.2) is 0 Å². The summed E-state index contributed by atoms with van der Waals surface area (Å²) in [6.45, 7) is 8.15. The molecule has 3 saturated carbocycles. The summed E-state index contributed by atoms with van der Waals surface area (Å²) in [4.78, 5) is 12.0. The summed E-state index contributed by atoms with van der Waals surface area (Å²) in [5.41, 5.74) is -0.0242. The first kappa shape index (κ1) is 7.78. The third kappa shape index (κ3) is 0.651. The van der Waals surface area contributed by atoms with Gasteiger partial charge in [0.2, 0.25) is 0 Å². The van der Waals surface area contributed by atoms with Crippen LogP contribution in [0.3, 0.4) is 0 Å². The zero-order valence-corrected chi connectivity index (χ0v) is 8.29. The average molecular weight is 176 g/mol. The molecular formula is C12H16O. The first-order valence-corrected chi connectivity index (χ1v) is 5.26. The fourth-order valence-corrected chi connectivity index (χ4v) is 4.03. The Balaban J connectivity index is 2.01. The minimum atomic E-state index is -0.0242. The fourth-order valence-electron chi connectivity index (χ4n) is 4.03. The summed E-state index contributed by atoms with van der Waals surface area (Å²) in [5, 5.41) is 0. The minimum absolute atomic E-state index is 0.0242. The van der Waals surface area contributed by atoms with Crippen LogP contribution >= 0.6 is 0 Å². The predicted octanol–water partition coefficient (Wildman–Crippen LogP) is 2.28. The molecule has 0 saturated heterocycles. The molecule has 3 aliphatic rings. The Kier molecular flexibility index (Phi) is 1.15. The SMILES string of the molecule is C=CC1C[C@@H]2[C@H]3C(C(=O)C2(C)C)C13. The van der Waals surface area contributed by atoms with E-state index in [9.17, 15) is 4.79 Å². The summed E-state index contributed by atoms with van der Waals surface area (Å²) in [5.74, 6) is 3.71. The Morgan fingerprint density at radius 3 is 2.62 bits per heavy atom. The van der Waals surface area contributed by atoms with Crippen LogP contribution in [0.15, 0.2) is 12.7 Å². The second kappa shape index (κ2) is 1.92. The van der Waals surface area contributed by atoms with Gasteiger partial charge in [0.25, 0.3) is 0 Å². The molecule has 13 heavy (non-hydrogen) atoms. The van der Waals surface area contributed by atoms with Crippen molar-refractivity contribution in [1.29, 1.82) is 0 Å². The topological polar surface area (TPSA) is 17.1 Å². The molecule has 0 radical (unpaired) electrons. The Morgan fingerprint density at radius 1 is 1.46 bits per heavy atom. The lowest BCUT2D eigenvalue weighted by Gasteiger charge is -2.24. The van der Waals surface area contributed by atoms with Gasteiger partial charge in [-0.2, -0.15) is 0 Å². The molecule has 1 nitrogen and oxygen atoms in total. The third-order valence-corrected chi connectivity index (χ3v) is 4.79. The Hall–Kier alpha value is -0.590. The number of carbonyl (C=O) groups is 1. The number of fused-ring (bicyclic) bond motifs is 1. The van der Waals surface area contributed by atoms with Crippen molar-refractivity contribution in [2.45, 2.75) is 20.3 Å². The number of Topliss-reactive ketones (excluding diaryl/α,β-unsaturated/α-hetero) is 1. The lowest BCUT2D eigenvalue weighted by atomic mass is 9.78. The van der Waals surface area contributed by atoms with Crippen LogP contribution in [-0.4, -0.2) is 5.78 Å². The van der Waals surface area contributed by atoms with E-state index in [2.05, 4.69) is 26.5 Å². The van der Waals surface area contributed by atoms with Crippen molar-refractivity contribution >= 4 is 5.78 Å². The number of rotatable bonds is 1. The van der Waals surface area contributed by atoms with Crippen LogP contribution in [-0.2, 0) is 4.79 Å². The maximum Gasteiger partial charge on any atom is 0.142 e. The lowest BCUT2D eigenvalue weighted by Crippen LogP contribution is -2.27. The molecule has 5 atom stereocenters. The van der Waals surface area contributed by atoms with Gasteiger partial charge < -0.3 is 0 Å². The van der Waals surface area contributed by atoms with Gasteiger partial charge in [0, 0.05) is 11.3 Å². The fraction of sp³-hybridized carbons (Fsp3) is 0.750. The molecule has 3 unspecified atom stereocenters. The van der Waals surface area contributed by atoms with E-state index in [1.807, 2.05) is 0 Å². The molecule has 3 rings (SSSR count). The summed E-state index contributed by atoms with van der Waals surface area (Å²) < 4.78 is 0. The molecule has 0 bridgehead atoms. The number of carbonyl (C=O) groups excluding carboxylic acids is 1. The first-order chi connectivity index (χ1) is 6.09. The highest BCUT2D eigenvalue weighted by atomic mass is 16.1. The van der Waals surface area contributed by atoms with E-state index < -0.39 is 0 Å². The van der Waals surface area contributed by atoms with Crippen LogP contribution in [0.4, 0.5) is 0 Å². The van der Waals surface area contributed by atoms with Crippen LogP contribution < -0.4 is 0 Å². The van der Waals surface area contributed by atoms with Gasteiger partial charge in [-0.3, -0.25) is 4.79 Å². The van der Waals surface area contributed by atoms with E-state index in [0.717, 1.165) is 5.92 Å². The normalized spacial score (nSPS) is 54.9. The first-order valence-electron chi connectivity index (χ1n) is 5.26. The van der Waals surface area contributed by atoms with Crippen LogP contribution in [0, 0.1) is 35.0 Å². The summed E-state index contributed by atoms with van der Waals surface area (Å²) >= 11 is 0. The molecule has 0 spiro atoms. The molecule has 0 aromatic heterocycles. The van der Waals surface area contributed by atoms with Crippen LogP contribution in [0.5, 0.6) is 0 Å². The van der Waals surface area contributed by atoms with E-state index in [4.69, 9.17) is 0 Å². The van der Waals surface area contributed by atoms with Gasteiger partial charge in [-0.1, -0.05) is 19.9 Å². The number of hydrogen-bond donors (Lipinski definition) is 0. The molecular weight excluding hydrogens is 160 g/mol. The van der Waals surface area contributed by atoms with Crippen molar-refractivity contribution in [2.75, 3.05) is 0 Å². The second-order valence-electron chi connectivity index (χ2n) is 5.51. The van der Waals surface area contributed by atoms with Crippen molar-refractivity contribution in [3.8, 4) is 0 Å². The van der Waals surface area contributed by atoms with Crippen molar-refractivity contribution in [3.63, 3.8) is 0 Å². The van der Waals surface area contributed by atoms with Gasteiger partial charge in [0.15, 0.2) is 0 Å². The molecule has 1 heteroatoms. The van der Waals surface area contributed by atoms with Crippen molar-refractivity contribution in [1.82, 2.24) is 0 Å². The summed E-state index contributed by atoms with van der Waals surface area (Å²) in [6.07, 6.45) is 3.29. The molecule has 3 aliphatic carbocycles. The highest BCUT2D eigenvalue weighted by Crippen LogP contribution is 2.74. The van der Waals surface area contributed by atoms with E-state index in [0.29, 0.717) is 29.5 Å². The number of allylic oxidation sites excluding steroid dienone is 1. The maximum atomic E-state index is 12.0. The molecule has 0 aromatic carbocycles. The minimum Gasteiger partial charge on any atom is -0.299 e. The third-order valence-electron chi connectivity index (χ3n) is 4.79. The molecule has 0 heterocycles. The van der Waals surface area contributed by atoms with E-state index in [-0.39, 0.29) is 5.41 Å². The molecule has 3 fully saturated rings. The van der Waals surface area contributed by atoms with E-state index >= 15 is 0 Å². The average Bonchev–Trinajstić information content (AvgIpc) is 2.64. The van der Waals surface area contributed by atoms with Crippen molar-refractivity contribution < 1.29 is 4.79 Å². The van der Waals surface area contributed by atoms with Crippen LogP contribution in [0.1, 0.15) is 20.3 Å². The standard InChI is InChI=1S/C12H16O/c1-4-6-5-7-9-8(6)10(9)11(13)12(7,2)3/h4,6-10H,1,5H2,2-3H3/t6?,7-,8?,9-,10?/m1/s1. The van der Waals surface area contributed by atoms with Crippen molar-refractivity contribution in [2.24, 2.45) is 35.0 Å². The van der Waals surface area contributed by atoms with Crippen LogP contribution in [0.2, 0.25) is 0 Å². The van der Waals surface area contributed by atoms with Gasteiger partial charge in [-0.05, 0) is 30.1 Å². The highest BCUT2D eigenvalue weighted by molar-refractivity contribution is 5.93. The highest BCUT2D eigenvalue weighted by Gasteiger charge is 2.74. The van der Waals surface area contributed by atoms with Gasteiger partial charge in [0.1, 0.15) is 5.78 Å². The summed E-state index contributed by atoms with van der Waals surface area (Å²) in [6, 6.07) is 0. The number of hydrogen-bond acceptors (Lipinski definition) is 1. The lowest BCUT2D eigenvalue weighted by molar-refractivity contribution is -0.127. The second-order valence-corrected chi connectivity index (χ2v) is 5.51.